The van der Waals surface area contributed by atoms with Crippen molar-refractivity contribution in [1.82, 2.24) is 10.2 Å². The van der Waals surface area contributed by atoms with E-state index in [0.717, 1.165) is 19.1 Å². The van der Waals surface area contributed by atoms with E-state index in [9.17, 15) is 0 Å². The number of hydrogen-bond acceptors (Lipinski definition) is 3. The highest BCUT2D eigenvalue weighted by Crippen LogP contribution is 2.20. The standard InChI is InChI=1S/C13H26N2O/c1-3-16-13-5-4-8-15(10-13)9-12-6-7-14-11(12)2/h11-14H,3-10H2,1-2H3. The van der Waals surface area contributed by atoms with Crippen LogP contribution in [0.5, 0.6) is 0 Å². The third-order valence-electron chi connectivity index (χ3n) is 4.05. The molecule has 94 valence electrons. The van der Waals surface area contributed by atoms with Crippen LogP contribution in [0.25, 0.3) is 0 Å². The SMILES string of the molecule is CCOC1CCCN(CC2CCNC2C)C1. The van der Waals surface area contributed by atoms with Crippen LogP contribution < -0.4 is 5.32 Å². The van der Waals surface area contributed by atoms with Gasteiger partial charge in [-0.1, -0.05) is 0 Å². The highest BCUT2D eigenvalue weighted by molar-refractivity contribution is 4.84. The highest BCUT2D eigenvalue weighted by atomic mass is 16.5. The molecular formula is C13H26N2O. The molecule has 2 saturated heterocycles. The fraction of sp³-hybridized carbons (Fsp3) is 1.00. The normalized spacial score (nSPS) is 36.8. The molecule has 2 heterocycles. The van der Waals surface area contributed by atoms with Crippen LogP contribution in [0.4, 0.5) is 0 Å². The summed E-state index contributed by atoms with van der Waals surface area (Å²) in [6.45, 7) is 10.2. The minimum Gasteiger partial charge on any atom is -0.377 e. The van der Waals surface area contributed by atoms with Gasteiger partial charge in [0.1, 0.15) is 0 Å². The summed E-state index contributed by atoms with van der Waals surface area (Å²) in [6, 6.07) is 0.701. The van der Waals surface area contributed by atoms with Crippen LogP contribution in [-0.2, 0) is 4.74 Å². The molecule has 2 aliphatic rings. The van der Waals surface area contributed by atoms with E-state index in [0.29, 0.717) is 12.1 Å². The highest BCUT2D eigenvalue weighted by Gasteiger charge is 2.27. The zero-order chi connectivity index (χ0) is 11.4. The van der Waals surface area contributed by atoms with Crippen LogP contribution in [-0.4, -0.2) is 49.8 Å². The smallest absolute Gasteiger partial charge is 0.0702 e. The van der Waals surface area contributed by atoms with Crippen molar-refractivity contribution in [2.75, 3.05) is 32.8 Å². The largest absolute Gasteiger partial charge is 0.377 e. The van der Waals surface area contributed by atoms with E-state index in [2.05, 4.69) is 24.1 Å². The molecule has 16 heavy (non-hydrogen) atoms. The molecular weight excluding hydrogens is 200 g/mol. The first kappa shape index (κ1) is 12.3. The molecule has 3 atom stereocenters. The lowest BCUT2D eigenvalue weighted by molar-refractivity contribution is 0.00155. The Morgan fingerprint density at radius 2 is 2.25 bits per heavy atom. The molecule has 0 amide bonds. The first-order chi connectivity index (χ1) is 7.79. The third kappa shape index (κ3) is 3.19. The maximum Gasteiger partial charge on any atom is 0.0702 e. The van der Waals surface area contributed by atoms with E-state index in [4.69, 9.17) is 4.74 Å². The van der Waals surface area contributed by atoms with Gasteiger partial charge in [-0.25, -0.2) is 0 Å². The van der Waals surface area contributed by atoms with E-state index >= 15 is 0 Å². The molecule has 3 heteroatoms. The van der Waals surface area contributed by atoms with Crippen molar-refractivity contribution in [1.29, 1.82) is 0 Å². The quantitative estimate of drug-likeness (QED) is 0.786. The van der Waals surface area contributed by atoms with Gasteiger partial charge < -0.3 is 15.0 Å². The van der Waals surface area contributed by atoms with Crippen LogP contribution in [0.1, 0.15) is 33.1 Å². The second-order valence-electron chi connectivity index (χ2n) is 5.27. The minimum absolute atomic E-state index is 0.489. The molecule has 0 aromatic carbocycles. The number of likely N-dealkylation sites (tertiary alicyclic amines) is 1. The van der Waals surface area contributed by atoms with Gasteiger partial charge in [0, 0.05) is 25.7 Å². The Labute approximate surface area is 99.5 Å². The van der Waals surface area contributed by atoms with Crippen LogP contribution in [0.2, 0.25) is 0 Å². The van der Waals surface area contributed by atoms with Crippen molar-refractivity contribution in [3.05, 3.63) is 0 Å². The second kappa shape index (κ2) is 5.99. The van der Waals surface area contributed by atoms with Crippen molar-refractivity contribution in [2.24, 2.45) is 5.92 Å². The predicted octanol–water partition coefficient (Wildman–Crippen LogP) is 1.49. The lowest BCUT2D eigenvalue weighted by atomic mass is 9.99. The summed E-state index contributed by atoms with van der Waals surface area (Å²) in [5.41, 5.74) is 0. The molecule has 0 spiro atoms. The van der Waals surface area contributed by atoms with Crippen LogP contribution in [0, 0.1) is 5.92 Å². The lowest BCUT2D eigenvalue weighted by Crippen LogP contribution is -2.43. The number of rotatable bonds is 4. The summed E-state index contributed by atoms with van der Waals surface area (Å²) in [5, 5.41) is 3.54. The summed E-state index contributed by atoms with van der Waals surface area (Å²) < 4.78 is 5.75. The monoisotopic (exact) mass is 226 g/mol. The summed E-state index contributed by atoms with van der Waals surface area (Å²) in [4.78, 5) is 2.61. The molecule has 3 nitrogen and oxygen atoms in total. The van der Waals surface area contributed by atoms with E-state index in [1.54, 1.807) is 0 Å². The van der Waals surface area contributed by atoms with Gasteiger partial charge in [-0.3, -0.25) is 0 Å². The van der Waals surface area contributed by atoms with Gasteiger partial charge in [0.2, 0.25) is 0 Å². The van der Waals surface area contributed by atoms with Gasteiger partial charge in [-0.15, -0.1) is 0 Å². The molecule has 1 N–H and O–H groups in total. The van der Waals surface area contributed by atoms with Gasteiger partial charge in [0.05, 0.1) is 6.10 Å². The van der Waals surface area contributed by atoms with Gasteiger partial charge in [0.15, 0.2) is 0 Å². The summed E-state index contributed by atoms with van der Waals surface area (Å²) in [7, 11) is 0. The Morgan fingerprint density at radius 3 is 2.94 bits per heavy atom. The van der Waals surface area contributed by atoms with Gasteiger partial charge in [-0.2, -0.15) is 0 Å². The Morgan fingerprint density at radius 1 is 1.38 bits per heavy atom. The molecule has 3 unspecified atom stereocenters. The van der Waals surface area contributed by atoms with Crippen LogP contribution >= 0.6 is 0 Å². The van der Waals surface area contributed by atoms with E-state index in [1.165, 1.54) is 38.9 Å². The lowest BCUT2D eigenvalue weighted by Gasteiger charge is -2.34. The van der Waals surface area contributed by atoms with Crippen molar-refractivity contribution in [2.45, 2.75) is 45.3 Å². The minimum atomic E-state index is 0.489. The molecule has 0 radical (unpaired) electrons. The van der Waals surface area contributed by atoms with Gasteiger partial charge >= 0.3 is 0 Å². The second-order valence-corrected chi connectivity index (χ2v) is 5.27. The zero-order valence-electron chi connectivity index (χ0n) is 10.7. The predicted molar refractivity (Wildman–Crippen MR) is 66.7 cm³/mol. The van der Waals surface area contributed by atoms with Crippen LogP contribution in [0.3, 0.4) is 0 Å². The molecule has 0 saturated carbocycles. The van der Waals surface area contributed by atoms with E-state index in [1.807, 2.05) is 0 Å². The molecule has 2 rings (SSSR count). The van der Waals surface area contributed by atoms with Crippen molar-refractivity contribution in [3.8, 4) is 0 Å². The number of ether oxygens (including phenoxy) is 1. The molecule has 2 aliphatic heterocycles. The molecule has 0 aromatic heterocycles. The fourth-order valence-corrected chi connectivity index (χ4v) is 3.04. The average molecular weight is 226 g/mol. The summed E-state index contributed by atoms with van der Waals surface area (Å²) in [6.07, 6.45) is 4.39. The zero-order valence-corrected chi connectivity index (χ0v) is 10.7. The molecule has 2 fully saturated rings. The molecule has 0 aromatic rings. The third-order valence-corrected chi connectivity index (χ3v) is 4.05. The number of hydrogen-bond donors (Lipinski definition) is 1. The van der Waals surface area contributed by atoms with E-state index in [-0.39, 0.29) is 0 Å². The Hall–Kier alpha value is -0.120. The first-order valence-corrected chi connectivity index (χ1v) is 6.87. The van der Waals surface area contributed by atoms with Crippen LogP contribution in [0.15, 0.2) is 0 Å². The first-order valence-electron chi connectivity index (χ1n) is 6.87. The Kier molecular flexibility index (Phi) is 4.62. The molecule has 0 bridgehead atoms. The fourth-order valence-electron chi connectivity index (χ4n) is 3.04. The van der Waals surface area contributed by atoms with Gasteiger partial charge in [0.25, 0.3) is 0 Å². The number of piperidine rings is 1. The van der Waals surface area contributed by atoms with Crippen molar-refractivity contribution >= 4 is 0 Å². The summed E-state index contributed by atoms with van der Waals surface area (Å²) >= 11 is 0. The maximum atomic E-state index is 5.75. The number of nitrogens with zero attached hydrogens (tertiary/aromatic N) is 1. The van der Waals surface area contributed by atoms with Crippen molar-refractivity contribution < 1.29 is 4.74 Å². The topological polar surface area (TPSA) is 24.5 Å². The molecule has 0 aliphatic carbocycles. The number of nitrogens with one attached hydrogen (secondary N) is 1. The van der Waals surface area contributed by atoms with Gasteiger partial charge in [-0.05, 0) is 52.1 Å². The maximum absolute atomic E-state index is 5.75. The average Bonchev–Trinajstić information content (AvgIpc) is 2.66. The Balaban J connectivity index is 1.76. The van der Waals surface area contributed by atoms with E-state index < -0.39 is 0 Å². The summed E-state index contributed by atoms with van der Waals surface area (Å²) in [5.74, 6) is 0.848. The van der Waals surface area contributed by atoms with Crippen molar-refractivity contribution in [3.63, 3.8) is 0 Å². The Bertz CT molecular complexity index is 208.